The molecule has 0 heterocycles. The second-order valence-electron chi connectivity index (χ2n) is 5.66. The van der Waals surface area contributed by atoms with Crippen LogP contribution in [0.5, 0.6) is 0 Å². The first-order chi connectivity index (χ1) is 10.4. The van der Waals surface area contributed by atoms with E-state index in [1.807, 2.05) is 13.8 Å². The molecule has 22 heavy (non-hydrogen) atoms. The van der Waals surface area contributed by atoms with Gasteiger partial charge in [-0.1, -0.05) is 41.5 Å². The van der Waals surface area contributed by atoms with Crippen molar-refractivity contribution in [1.82, 2.24) is 0 Å². The molecule has 0 bridgehead atoms. The van der Waals surface area contributed by atoms with E-state index in [1.54, 1.807) is 19.1 Å². The highest BCUT2D eigenvalue weighted by Gasteiger charge is 2.07. The summed E-state index contributed by atoms with van der Waals surface area (Å²) in [6.07, 6.45) is 4.26. The molecule has 0 saturated heterocycles. The van der Waals surface area contributed by atoms with Gasteiger partial charge >= 0.3 is 5.97 Å². The van der Waals surface area contributed by atoms with Crippen LogP contribution in [-0.2, 0) is 16.0 Å². The normalized spacial score (nSPS) is 14.0. The average molecular weight is 305 g/mol. The maximum atomic E-state index is 11.2. The molecular weight excluding hydrogens is 278 g/mol. The van der Waals surface area contributed by atoms with Crippen LogP contribution in [0.2, 0.25) is 0 Å². The quantitative estimate of drug-likeness (QED) is 0.571. The van der Waals surface area contributed by atoms with Gasteiger partial charge in [0.1, 0.15) is 0 Å². The fourth-order valence-electron chi connectivity index (χ4n) is 2.38. The number of benzene rings is 1. The molecule has 0 aromatic heterocycles. The molecule has 1 aromatic carbocycles. The van der Waals surface area contributed by atoms with Gasteiger partial charge in [0.15, 0.2) is 0 Å². The first-order valence-corrected chi connectivity index (χ1v) is 7.75. The van der Waals surface area contributed by atoms with Crippen molar-refractivity contribution in [3.8, 4) is 0 Å². The predicted molar refractivity (Wildman–Crippen MR) is 88.6 cm³/mol. The fraction of sp³-hybridized carbons (Fsp3) is 0.500. The molecule has 1 rings (SSSR count). The van der Waals surface area contributed by atoms with Gasteiger partial charge in [0, 0.05) is 18.9 Å². The number of esters is 1. The number of aliphatic hydroxyl groups excluding tert-OH is 1. The standard InChI is InChI=1S/C18H27NO3/c1-4-22-18(21)8-6-16(19)5-7-17(20)12-15-10-13(2)9-14(3)11-15/h5,7,9-11,16-17,20H,4,6,8,12,19H2,1-3H3/b7-5+/t16-,17+/m0/s1. The van der Waals surface area contributed by atoms with Gasteiger partial charge in [-0.2, -0.15) is 0 Å². The Kier molecular flexibility index (Phi) is 7.85. The molecule has 122 valence electrons. The van der Waals surface area contributed by atoms with Crippen molar-refractivity contribution in [2.75, 3.05) is 6.61 Å². The molecular formula is C18H27NO3. The molecule has 2 atom stereocenters. The maximum absolute atomic E-state index is 11.2. The second-order valence-corrected chi connectivity index (χ2v) is 5.66. The Morgan fingerprint density at radius 3 is 2.50 bits per heavy atom. The number of aryl methyl sites for hydroxylation is 2. The summed E-state index contributed by atoms with van der Waals surface area (Å²) >= 11 is 0. The Balaban J connectivity index is 2.42. The van der Waals surface area contributed by atoms with Crippen LogP contribution in [0, 0.1) is 13.8 Å². The number of carbonyl (C=O) groups excluding carboxylic acids is 1. The van der Waals surface area contributed by atoms with Crippen LogP contribution in [0.25, 0.3) is 0 Å². The first-order valence-electron chi connectivity index (χ1n) is 7.75. The number of rotatable bonds is 8. The van der Waals surface area contributed by atoms with E-state index in [0.717, 1.165) is 5.56 Å². The summed E-state index contributed by atoms with van der Waals surface area (Å²) in [5.41, 5.74) is 9.39. The van der Waals surface area contributed by atoms with E-state index in [9.17, 15) is 9.90 Å². The molecule has 0 unspecified atom stereocenters. The summed E-state index contributed by atoms with van der Waals surface area (Å²) in [5, 5.41) is 10.1. The summed E-state index contributed by atoms with van der Waals surface area (Å²) in [6.45, 7) is 6.26. The summed E-state index contributed by atoms with van der Waals surface area (Å²) in [7, 11) is 0. The van der Waals surface area contributed by atoms with E-state index in [2.05, 4.69) is 18.2 Å². The molecule has 4 nitrogen and oxygen atoms in total. The van der Waals surface area contributed by atoms with Gasteiger partial charge in [-0.05, 0) is 32.8 Å². The van der Waals surface area contributed by atoms with Crippen LogP contribution in [0.4, 0.5) is 0 Å². The molecule has 0 aliphatic heterocycles. The monoisotopic (exact) mass is 305 g/mol. The minimum absolute atomic E-state index is 0.234. The second kappa shape index (κ2) is 9.38. The molecule has 4 heteroatoms. The van der Waals surface area contributed by atoms with Gasteiger partial charge in [-0.3, -0.25) is 4.79 Å². The number of aliphatic hydroxyl groups is 1. The van der Waals surface area contributed by atoms with Crippen LogP contribution >= 0.6 is 0 Å². The average Bonchev–Trinajstić information content (AvgIpc) is 2.42. The van der Waals surface area contributed by atoms with E-state index in [-0.39, 0.29) is 12.0 Å². The third kappa shape index (κ3) is 7.38. The molecule has 0 fully saturated rings. The number of nitrogens with two attached hydrogens (primary N) is 1. The van der Waals surface area contributed by atoms with E-state index in [0.29, 0.717) is 25.9 Å². The lowest BCUT2D eigenvalue weighted by Gasteiger charge is -2.10. The third-order valence-corrected chi connectivity index (χ3v) is 3.29. The van der Waals surface area contributed by atoms with Crippen LogP contribution in [0.15, 0.2) is 30.4 Å². The van der Waals surface area contributed by atoms with Crippen molar-refractivity contribution in [2.45, 2.75) is 52.2 Å². The molecule has 0 saturated carbocycles. The Bertz CT molecular complexity index is 491. The van der Waals surface area contributed by atoms with Crippen LogP contribution in [0.1, 0.15) is 36.5 Å². The van der Waals surface area contributed by atoms with Gasteiger partial charge in [-0.15, -0.1) is 0 Å². The highest BCUT2D eigenvalue weighted by Crippen LogP contribution is 2.11. The largest absolute Gasteiger partial charge is 0.466 e. The lowest BCUT2D eigenvalue weighted by Crippen LogP contribution is -2.20. The van der Waals surface area contributed by atoms with Gasteiger partial charge < -0.3 is 15.6 Å². The van der Waals surface area contributed by atoms with Gasteiger partial charge in [-0.25, -0.2) is 0 Å². The van der Waals surface area contributed by atoms with E-state index < -0.39 is 6.10 Å². The molecule has 3 N–H and O–H groups in total. The third-order valence-electron chi connectivity index (χ3n) is 3.29. The van der Waals surface area contributed by atoms with Crippen molar-refractivity contribution in [3.05, 3.63) is 47.0 Å². The first kappa shape index (κ1) is 18.4. The number of ether oxygens (including phenoxy) is 1. The Morgan fingerprint density at radius 1 is 1.27 bits per heavy atom. The zero-order valence-corrected chi connectivity index (χ0v) is 13.7. The molecule has 0 spiro atoms. The van der Waals surface area contributed by atoms with Crippen molar-refractivity contribution in [2.24, 2.45) is 5.73 Å². The summed E-state index contributed by atoms with van der Waals surface area (Å²) in [4.78, 5) is 11.2. The highest BCUT2D eigenvalue weighted by molar-refractivity contribution is 5.69. The van der Waals surface area contributed by atoms with Crippen LogP contribution < -0.4 is 5.73 Å². The van der Waals surface area contributed by atoms with E-state index in [1.165, 1.54) is 11.1 Å². The topological polar surface area (TPSA) is 72.5 Å². The SMILES string of the molecule is CCOC(=O)CC[C@@H](N)/C=C/[C@@H](O)Cc1cc(C)cc(C)c1. The lowest BCUT2D eigenvalue weighted by atomic mass is 10.0. The maximum Gasteiger partial charge on any atom is 0.305 e. The number of hydrogen-bond acceptors (Lipinski definition) is 4. The molecule has 0 radical (unpaired) electrons. The fourth-order valence-corrected chi connectivity index (χ4v) is 2.38. The smallest absolute Gasteiger partial charge is 0.305 e. The van der Waals surface area contributed by atoms with Gasteiger partial charge in [0.2, 0.25) is 0 Å². The molecule has 1 aromatic rings. The summed E-state index contributed by atoms with van der Waals surface area (Å²) in [6, 6.07) is 6.00. The van der Waals surface area contributed by atoms with Crippen molar-refractivity contribution in [3.63, 3.8) is 0 Å². The summed E-state index contributed by atoms with van der Waals surface area (Å²) in [5.74, 6) is -0.234. The van der Waals surface area contributed by atoms with Crippen LogP contribution in [0.3, 0.4) is 0 Å². The Morgan fingerprint density at radius 2 is 1.91 bits per heavy atom. The summed E-state index contributed by atoms with van der Waals surface area (Å²) < 4.78 is 4.85. The zero-order chi connectivity index (χ0) is 16.5. The van der Waals surface area contributed by atoms with Crippen molar-refractivity contribution >= 4 is 5.97 Å². The number of carbonyl (C=O) groups is 1. The minimum Gasteiger partial charge on any atom is -0.466 e. The number of hydrogen-bond donors (Lipinski definition) is 2. The minimum atomic E-state index is -0.574. The Hall–Kier alpha value is -1.65. The van der Waals surface area contributed by atoms with Gasteiger partial charge in [0.25, 0.3) is 0 Å². The molecule has 0 amide bonds. The zero-order valence-electron chi connectivity index (χ0n) is 13.7. The van der Waals surface area contributed by atoms with Crippen LogP contribution in [-0.4, -0.2) is 29.8 Å². The van der Waals surface area contributed by atoms with Crippen molar-refractivity contribution in [1.29, 1.82) is 0 Å². The van der Waals surface area contributed by atoms with Gasteiger partial charge in [0.05, 0.1) is 12.7 Å². The Labute approximate surface area is 133 Å². The molecule has 0 aliphatic carbocycles. The van der Waals surface area contributed by atoms with E-state index >= 15 is 0 Å². The lowest BCUT2D eigenvalue weighted by molar-refractivity contribution is -0.143. The molecule has 0 aliphatic rings. The van der Waals surface area contributed by atoms with E-state index in [4.69, 9.17) is 10.5 Å². The highest BCUT2D eigenvalue weighted by atomic mass is 16.5. The predicted octanol–water partition coefficient (Wildman–Crippen LogP) is 2.43. The van der Waals surface area contributed by atoms with Crippen molar-refractivity contribution < 1.29 is 14.6 Å².